The molecule has 3 aromatic rings. The van der Waals surface area contributed by atoms with Crippen LogP contribution >= 0.6 is 11.3 Å². The Morgan fingerprint density at radius 2 is 1.33 bits per heavy atom. The van der Waals surface area contributed by atoms with E-state index in [0.717, 1.165) is 32.7 Å². The molecule has 0 saturated carbocycles. The highest BCUT2D eigenvalue weighted by Gasteiger charge is 2.62. The van der Waals surface area contributed by atoms with Crippen molar-refractivity contribution in [1.29, 1.82) is 0 Å². The molecule has 0 N–H and O–H groups in total. The van der Waals surface area contributed by atoms with Gasteiger partial charge in [-0.15, -0.1) is 11.3 Å². The lowest BCUT2D eigenvalue weighted by molar-refractivity contribution is -0.122. The minimum Gasteiger partial charge on any atom is -0.462 e. The topological polar surface area (TPSA) is 63.7 Å². The van der Waals surface area contributed by atoms with E-state index in [9.17, 15) is 14.4 Å². The molecule has 2 amide bonds. The molecule has 2 atom stereocenters. The van der Waals surface area contributed by atoms with Crippen LogP contribution in [-0.4, -0.2) is 24.4 Å². The van der Waals surface area contributed by atoms with Gasteiger partial charge in [-0.1, -0.05) is 48.5 Å². The quantitative estimate of drug-likeness (QED) is 0.413. The molecule has 2 bridgehead atoms. The summed E-state index contributed by atoms with van der Waals surface area (Å²) in [5.74, 6) is -2.18. The first kappa shape index (κ1) is 20.4. The monoisotopic (exact) mass is 457 g/mol. The number of ether oxygens (including phenoxy) is 1. The molecule has 3 aliphatic carbocycles. The normalized spacial score (nSPS) is 24.5. The van der Waals surface area contributed by atoms with Crippen LogP contribution < -0.4 is 4.90 Å². The van der Waals surface area contributed by atoms with Crippen LogP contribution in [0.4, 0.5) is 5.00 Å². The van der Waals surface area contributed by atoms with Crippen LogP contribution in [0.25, 0.3) is 0 Å². The van der Waals surface area contributed by atoms with E-state index in [4.69, 9.17) is 4.74 Å². The fourth-order valence-corrected chi connectivity index (χ4v) is 7.24. The number of carbonyl (C=O) groups is 3. The van der Waals surface area contributed by atoms with Gasteiger partial charge in [-0.25, -0.2) is 9.69 Å². The van der Waals surface area contributed by atoms with Crippen LogP contribution in [0.15, 0.2) is 48.5 Å². The third-order valence-electron chi connectivity index (χ3n) is 7.50. The molecule has 33 heavy (non-hydrogen) atoms. The third kappa shape index (κ3) is 2.55. The number of esters is 1. The van der Waals surface area contributed by atoms with E-state index in [0.29, 0.717) is 10.6 Å². The SMILES string of the molecule is CCOC(=O)c1c(N2C(=O)C3C4c5ccccc5C(c5ccccc54)C3C2=O)sc(C)c1C. The summed E-state index contributed by atoms with van der Waals surface area (Å²) < 4.78 is 5.29. The molecular formula is C27H23NO4S. The van der Waals surface area contributed by atoms with Crippen LogP contribution in [0.1, 0.15) is 61.8 Å². The fraction of sp³-hybridized carbons (Fsp3) is 0.296. The van der Waals surface area contributed by atoms with Gasteiger partial charge < -0.3 is 4.74 Å². The predicted molar refractivity (Wildman–Crippen MR) is 126 cm³/mol. The molecule has 2 aromatic carbocycles. The van der Waals surface area contributed by atoms with E-state index in [1.165, 1.54) is 16.2 Å². The Labute approximate surface area is 196 Å². The van der Waals surface area contributed by atoms with E-state index in [1.807, 2.05) is 38.1 Å². The van der Waals surface area contributed by atoms with Crippen molar-refractivity contribution in [3.05, 3.63) is 86.8 Å². The van der Waals surface area contributed by atoms with Crippen molar-refractivity contribution in [3.8, 4) is 0 Å². The smallest absolute Gasteiger partial charge is 0.341 e. The highest BCUT2D eigenvalue weighted by atomic mass is 32.1. The second kappa shape index (κ2) is 7.12. The Morgan fingerprint density at radius 3 is 1.76 bits per heavy atom. The highest BCUT2D eigenvalue weighted by molar-refractivity contribution is 7.17. The van der Waals surface area contributed by atoms with Gasteiger partial charge in [0.25, 0.3) is 0 Å². The van der Waals surface area contributed by atoms with Crippen LogP contribution in [0.5, 0.6) is 0 Å². The van der Waals surface area contributed by atoms with Gasteiger partial charge in [-0.2, -0.15) is 0 Å². The average molecular weight is 458 g/mol. The molecule has 1 fully saturated rings. The number of nitrogens with zero attached hydrogens (tertiary/aromatic N) is 1. The second-order valence-corrected chi connectivity index (χ2v) is 10.2. The third-order valence-corrected chi connectivity index (χ3v) is 8.69. The van der Waals surface area contributed by atoms with E-state index >= 15 is 0 Å². The number of amides is 2. The van der Waals surface area contributed by atoms with Gasteiger partial charge in [0, 0.05) is 16.7 Å². The van der Waals surface area contributed by atoms with Gasteiger partial charge in [0.2, 0.25) is 11.8 Å². The maximum Gasteiger partial charge on any atom is 0.341 e. The molecule has 2 unspecified atom stereocenters. The van der Waals surface area contributed by atoms with Gasteiger partial charge in [0.05, 0.1) is 24.0 Å². The van der Waals surface area contributed by atoms with Crippen molar-refractivity contribution in [2.45, 2.75) is 32.6 Å². The molecule has 0 radical (unpaired) electrons. The molecule has 1 aromatic heterocycles. The Kier molecular flexibility index (Phi) is 4.40. The summed E-state index contributed by atoms with van der Waals surface area (Å²) >= 11 is 1.32. The average Bonchev–Trinajstić information content (AvgIpc) is 3.26. The molecule has 6 heteroatoms. The van der Waals surface area contributed by atoms with Gasteiger partial charge >= 0.3 is 5.97 Å². The standard InChI is InChI=1S/C27H23NO4S/c1-4-32-27(31)19-13(2)14(3)33-26(19)28-24(29)22-20-15-9-5-6-10-16(15)21(23(22)25(28)30)18-12-8-7-11-17(18)20/h5-12,20-23H,4H2,1-3H3. The fourth-order valence-electron chi connectivity index (χ4n) is 6.09. The summed E-state index contributed by atoms with van der Waals surface area (Å²) in [7, 11) is 0. The maximum atomic E-state index is 14.0. The minimum atomic E-state index is -0.487. The van der Waals surface area contributed by atoms with Crippen LogP contribution in [0, 0.1) is 25.7 Å². The lowest BCUT2D eigenvalue weighted by Gasteiger charge is -2.45. The van der Waals surface area contributed by atoms with Crippen molar-refractivity contribution in [3.63, 3.8) is 0 Å². The van der Waals surface area contributed by atoms with Gasteiger partial charge in [-0.3, -0.25) is 9.59 Å². The van der Waals surface area contributed by atoms with E-state index in [1.54, 1.807) is 6.92 Å². The largest absolute Gasteiger partial charge is 0.462 e. The van der Waals surface area contributed by atoms with Gasteiger partial charge in [0.1, 0.15) is 5.00 Å². The number of imide groups is 1. The molecule has 0 spiro atoms. The molecule has 4 aliphatic rings. The molecule has 2 heterocycles. The van der Waals surface area contributed by atoms with Crippen molar-refractivity contribution >= 4 is 34.1 Å². The number of benzene rings is 2. The predicted octanol–water partition coefficient (Wildman–Crippen LogP) is 4.94. The number of anilines is 1. The molecule has 5 nitrogen and oxygen atoms in total. The number of hydrogen-bond donors (Lipinski definition) is 0. The second-order valence-electron chi connectivity index (χ2n) is 8.96. The number of rotatable bonds is 3. The number of aryl methyl sites for hydroxylation is 1. The number of carbonyl (C=O) groups excluding carboxylic acids is 3. The summed E-state index contributed by atoms with van der Waals surface area (Å²) in [5, 5.41) is 0.403. The van der Waals surface area contributed by atoms with Crippen LogP contribution in [-0.2, 0) is 14.3 Å². The molecule has 166 valence electrons. The van der Waals surface area contributed by atoms with Crippen LogP contribution in [0.3, 0.4) is 0 Å². The molecule has 1 aliphatic heterocycles. The zero-order valence-corrected chi connectivity index (χ0v) is 19.4. The Hall–Kier alpha value is -3.25. The Morgan fingerprint density at radius 1 is 0.879 bits per heavy atom. The first-order chi connectivity index (χ1) is 16.0. The number of thiophene rings is 1. The van der Waals surface area contributed by atoms with Crippen molar-refractivity contribution < 1.29 is 19.1 Å². The van der Waals surface area contributed by atoms with Crippen molar-refractivity contribution in [2.75, 3.05) is 11.5 Å². The lowest BCUT2D eigenvalue weighted by Crippen LogP contribution is -2.41. The Bertz CT molecular complexity index is 1240. The minimum absolute atomic E-state index is 0.165. The summed E-state index contributed by atoms with van der Waals surface area (Å²) in [4.78, 5) is 43.0. The van der Waals surface area contributed by atoms with E-state index in [-0.39, 0.29) is 30.3 Å². The lowest BCUT2D eigenvalue weighted by atomic mass is 9.55. The highest BCUT2D eigenvalue weighted by Crippen LogP contribution is 2.61. The van der Waals surface area contributed by atoms with Gasteiger partial charge in [0.15, 0.2) is 0 Å². The molecular weight excluding hydrogens is 434 g/mol. The van der Waals surface area contributed by atoms with Crippen LogP contribution in [0.2, 0.25) is 0 Å². The summed E-state index contributed by atoms with van der Waals surface area (Å²) in [6, 6.07) is 16.3. The number of hydrogen-bond acceptors (Lipinski definition) is 5. The van der Waals surface area contributed by atoms with Crippen molar-refractivity contribution in [1.82, 2.24) is 0 Å². The first-order valence-corrected chi connectivity index (χ1v) is 12.1. The van der Waals surface area contributed by atoms with E-state index < -0.39 is 17.8 Å². The molecule has 7 rings (SSSR count). The summed E-state index contributed by atoms with van der Waals surface area (Å²) in [6.07, 6.45) is 0. The zero-order chi connectivity index (χ0) is 23.0. The molecule has 1 saturated heterocycles. The van der Waals surface area contributed by atoms with Crippen molar-refractivity contribution in [2.24, 2.45) is 11.8 Å². The van der Waals surface area contributed by atoms with Gasteiger partial charge in [-0.05, 0) is 48.6 Å². The summed E-state index contributed by atoms with van der Waals surface area (Å²) in [6.45, 7) is 5.72. The maximum absolute atomic E-state index is 14.0. The zero-order valence-electron chi connectivity index (χ0n) is 18.6. The summed E-state index contributed by atoms with van der Waals surface area (Å²) in [5.41, 5.74) is 5.63. The Balaban J connectivity index is 1.54. The van der Waals surface area contributed by atoms with E-state index in [2.05, 4.69) is 24.3 Å². The first-order valence-electron chi connectivity index (χ1n) is 11.3.